The van der Waals surface area contributed by atoms with Crippen LogP contribution in [-0.4, -0.2) is 43.9 Å². The van der Waals surface area contributed by atoms with Crippen LogP contribution in [0.1, 0.15) is 27.2 Å². The molecule has 0 bridgehead atoms. The van der Waals surface area contributed by atoms with E-state index in [1.807, 2.05) is 0 Å². The molecular formula is C10H19NO6S. The van der Waals surface area contributed by atoms with Crippen LogP contribution in [0.25, 0.3) is 0 Å². The molecule has 7 nitrogen and oxygen atoms in total. The van der Waals surface area contributed by atoms with Crippen molar-refractivity contribution in [3.05, 3.63) is 0 Å². The van der Waals surface area contributed by atoms with E-state index in [0.717, 1.165) is 7.11 Å². The highest BCUT2D eigenvalue weighted by Gasteiger charge is 2.32. The molecule has 0 saturated heterocycles. The highest BCUT2D eigenvalue weighted by Crippen LogP contribution is 2.10. The van der Waals surface area contributed by atoms with Crippen LogP contribution in [0.4, 0.5) is 0 Å². The predicted octanol–water partition coefficient (Wildman–Crippen LogP) is -0.0334. The molecule has 0 spiro atoms. The van der Waals surface area contributed by atoms with Gasteiger partial charge in [0, 0.05) is 6.04 Å². The Morgan fingerprint density at radius 1 is 1.28 bits per heavy atom. The maximum absolute atomic E-state index is 11.8. The molecule has 2 N–H and O–H groups in total. The summed E-state index contributed by atoms with van der Waals surface area (Å²) in [5.74, 6) is -2.21. The minimum Gasteiger partial charge on any atom is -0.481 e. The van der Waals surface area contributed by atoms with Gasteiger partial charge in [-0.2, -0.15) is 0 Å². The molecule has 0 aliphatic heterocycles. The molecule has 0 saturated carbocycles. The third-order valence-corrected chi connectivity index (χ3v) is 4.27. The maximum atomic E-state index is 11.8. The molecule has 0 fully saturated rings. The third-order valence-electron chi connectivity index (χ3n) is 2.51. The molecule has 0 aromatic rings. The van der Waals surface area contributed by atoms with Crippen LogP contribution >= 0.6 is 0 Å². The molecule has 0 aromatic carbocycles. The summed E-state index contributed by atoms with van der Waals surface area (Å²) in [4.78, 5) is 21.8. The van der Waals surface area contributed by atoms with Gasteiger partial charge in [-0.3, -0.25) is 9.59 Å². The molecule has 8 heteroatoms. The lowest BCUT2D eigenvalue weighted by Crippen LogP contribution is -2.46. The van der Waals surface area contributed by atoms with Gasteiger partial charge in [-0.25, -0.2) is 13.1 Å². The monoisotopic (exact) mass is 281 g/mol. The third kappa shape index (κ3) is 5.01. The van der Waals surface area contributed by atoms with Gasteiger partial charge < -0.3 is 9.84 Å². The van der Waals surface area contributed by atoms with E-state index in [1.54, 1.807) is 13.8 Å². The number of carbonyl (C=O) groups is 2. The van der Waals surface area contributed by atoms with Crippen molar-refractivity contribution in [2.45, 2.75) is 38.5 Å². The number of rotatable bonds is 7. The number of esters is 1. The van der Waals surface area contributed by atoms with Gasteiger partial charge in [-0.1, -0.05) is 13.8 Å². The van der Waals surface area contributed by atoms with Crippen molar-refractivity contribution < 1.29 is 27.9 Å². The van der Waals surface area contributed by atoms with Crippen LogP contribution in [-0.2, 0) is 24.3 Å². The van der Waals surface area contributed by atoms with E-state index in [2.05, 4.69) is 9.46 Å². The Kier molecular flexibility index (Phi) is 6.27. The number of carboxylic acid groups (broad SMARTS) is 1. The Bertz CT molecular complexity index is 403. The van der Waals surface area contributed by atoms with E-state index in [4.69, 9.17) is 5.11 Å². The first kappa shape index (κ1) is 16.9. The minimum atomic E-state index is -3.95. The number of carboxylic acids is 1. The normalized spacial score (nSPS) is 15.2. The van der Waals surface area contributed by atoms with E-state index < -0.39 is 33.3 Å². The van der Waals surface area contributed by atoms with Gasteiger partial charge in [0.2, 0.25) is 10.0 Å². The Hall–Kier alpha value is -1.15. The van der Waals surface area contributed by atoms with Crippen LogP contribution < -0.4 is 4.72 Å². The van der Waals surface area contributed by atoms with E-state index >= 15 is 0 Å². The average molecular weight is 281 g/mol. The maximum Gasteiger partial charge on any atom is 0.325 e. The second-order valence-corrected chi connectivity index (χ2v) is 6.31. The molecular weight excluding hydrogens is 262 g/mol. The van der Waals surface area contributed by atoms with Crippen molar-refractivity contribution in [3.63, 3.8) is 0 Å². The van der Waals surface area contributed by atoms with Crippen LogP contribution in [0.5, 0.6) is 0 Å². The van der Waals surface area contributed by atoms with Crippen molar-refractivity contribution in [2.75, 3.05) is 7.11 Å². The fourth-order valence-corrected chi connectivity index (χ4v) is 2.54. The van der Waals surface area contributed by atoms with Crippen molar-refractivity contribution in [1.29, 1.82) is 0 Å². The van der Waals surface area contributed by atoms with Gasteiger partial charge in [-0.05, 0) is 12.8 Å². The first-order valence-corrected chi connectivity index (χ1v) is 6.97. The lowest BCUT2D eigenvalue weighted by Gasteiger charge is -2.22. The molecule has 0 amide bonds. The lowest BCUT2D eigenvalue weighted by molar-refractivity contribution is -0.140. The predicted molar refractivity (Wildman–Crippen MR) is 64.4 cm³/mol. The summed E-state index contributed by atoms with van der Waals surface area (Å²) in [7, 11) is -2.86. The topological polar surface area (TPSA) is 110 Å². The number of sulfonamides is 1. The number of hydrogen-bond acceptors (Lipinski definition) is 5. The minimum absolute atomic E-state index is 0.208. The fraction of sp³-hybridized carbons (Fsp3) is 0.800. The summed E-state index contributed by atoms with van der Waals surface area (Å²) in [6.45, 7) is 4.57. The molecule has 0 aliphatic carbocycles. The van der Waals surface area contributed by atoms with Crippen molar-refractivity contribution in [1.82, 2.24) is 4.72 Å². The number of hydrogen-bond donors (Lipinski definition) is 2. The average Bonchev–Trinajstić information content (AvgIpc) is 2.24. The molecule has 2 unspecified atom stereocenters. The summed E-state index contributed by atoms with van der Waals surface area (Å²) in [6.07, 6.45) is -0.342. The Morgan fingerprint density at radius 2 is 1.78 bits per heavy atom. The summed E-state index contributed by atoms with van der Waals surface area (Å²) < 4.78 is 30.2. The second kappa shape index (κ2) is 6.69. The van der Waals surface area contributed by atoms with Crippen molar-refractivity contribution in [3.8, 4) is 0 Å². The lowest BCUT2D eigenvalue weighted by atomic mass is 10.0. The van der Waals surface area contributed by atoms with Crippen LogP contribution in [0, 0.1) is 5.92 Å². The van der Waals surface area contributed by atoms with Crippen molar-refractivity contribution in [2.24, 2.45) is 5.92 Å². The molecule has 0 aliphatic rings. The van der Waals surface area contributed by atoms with E-state index in [0.29, 0.717) is 0 Å². The van der Waals surface area contributed by atoms with E-state index in [1.165, 1.54) is 6.92 Å². The molecule has 0 heterocycles. The zero-order valence-corrected chi connectivity index (χ0v) is 11.7. The Balaban J connectivity index is 4.91. The zero-order chi connectivity index (χ0) is 14.5. The summed E-state index contributed by atoms with van der Waals surface area (Å²) in [5, 5.41) is 7.32. The highest BCUT2D eigenvalue weighted by atomic mass is 32.2. The number of methoxy groups -OCH3 is 1. The smallest absolute Gasteiger partial charge is 0.325 e. The molecule has 2 atom stereocenters. The van der Waals surface area contributed by atoms with Gasteiger partial charge in [0.25, 0.3) is 0 Å². The molecule has 0 radical (unpaired) electrons. The summed E-state index contributed by atoms with van der Waals surface area (Å²) >= 11 is 0. The van der Waals surface area contributed by atoms with Gasteiger partial charge in [0.1, 0.15) is 0 Å². The number of carbonyl (C=O) groups excluding carboxylic acids is 1. The van der Waals surface area contributed by atoms with Crippen LogP contribution in [0.15, 0.2) is 0 Å². The largest absolute Gasteiger partial charge is 0.481 e. The molecule has 18 heavy (non-hydrogen) atoms. The van der Waals surface area contributed by atoms with Gasteiger partial charge >= 0.3 is 11.9 Å². The fourth-order valence-electron chi connectivity index (χ4n) is 1.21. The first-order valence-electron chi connectivity index (χ1n) is 5.42. The van der Waals surface area contributed by atoms with Gasteiger partial charge in [0.15, 0.2) is 5.25 Å². The second-order valence-electron chi connectivity index (χ2n) is 4.28. The van der Waals surface area contributed by atoms with Gasteiger partial charge in [-0.15, -0.1) is 0 Å². The van der Waals surface area contributed by atoms with Crippen molar-refractivity contribution >= 4 is 22.0 Å². The number of aliphatic carboxylic acids is 1. The Morgan fingerprint density at radius 3 is 2.11 bits per heavy atom. The van der Waals surface area contributed by atoms with Crippen LogP contribution in [0.2, 0.25) is 0 Å². The SMILES string of the molecule is COC(=O)C(C)S(=O)(=O)NC(CC(=O)O)C(C)C. The summed E-state index contributed by atoms with van der Waals surface area (Å²) in [5.41, 5.74) is 0. The Labute approximate surface area is 107 Å². The molecule has 106 valence electrons. The zero-order valence-electron chi connectivity index (χ0n) is 10.8. The van der Waals surface area contributed by atoms with Gasteiger partial charge in [0.05, 0.1) is 13.5 Å². The molecule has 0 aromatic heterocycles. The quantitative estimate of drug-likeness (QED) is 0.634. The van der Waals surface area contributed by atoms with E-state index in [-0.39, 0.29) is 12.3 Å². The number of ether oxygens (including phenoxy) is 1. The first-order chi connectivity index (χ1) is 8.11. The number of nitrogens with one attached hydrogen (secondary N) is 1. The standard InChI is InChI=1S/C10H19NO6S/c1-6(2)8(5-9(12)13)11-18(15,16)7(3)10(14)17-4/h6-8,11H,5H2,1-4H3,(H,12,13). The highest BCUT2D eigenvalue weighted by molar-refractivity contribution is 7.90. The van der Waals surface area contributed by atoms with Crippen LogP contribution in [0.3, 0.4) is 0 Å². The summed E-state index contributed by atoms with van der Waals surface area (Å²) in [6, 6.07) is -0.764. The van der Waals surface area contributed by atoms with E-state index in [9.17, 15) is 18.0 Å². The molecule has 0 rings (SSSR count).